The largest absolute Gasteiger partial charge is 0.469 e. The first-order valence-corrected chi connectivity index (χ1v) is 9.75. The number of nitrogens with one attached hydrogen (secondary N) is 1. The lowest BCUT2D eigenvalue weighted by Crippen LogP contribution is -2.40. The number of carbonyl (C=O) groups is 1. The molecular formula is C21H29N5O2. The number of hydrogen-bond acceptors (Lipinski definition) is 4. The number of hydrogen-bond donors (Lipinski definition) is 1. The molecule has 150 valence electrons. The number of aliphatic imine (C=N–C) groups is 1. The smallest absolute Gasteiger partial charge is 0.310 e. The van der Waals surface area contributed by atoms with Gasteiger partial charge < -0.3 is 19.5 Å². The molecule has 0 radical (unpaired) electrons. The molecule has 1 N–H and O–H groups in total. The summed E-state index contributed by atoms with van der Waals surface area (Å²) in [6, 6.07) is 8.48. The molecule has 2 aromatic rings. The highest BCUT2D eigenvalue weighted by Crippen LogP contribution is 2.24. The molecule has 1 aromatic carbocycles. The molecule has 0 bridgehead atoms. The topological polar surface area (TPSA) is 71.8 Å². The first-order valence-electron chi connectivity index (χ1n) is 9.75. The number of benzene rings is 1. The summed E-state index contributed by atoms with van der Waals surface area (Å²) in [6.45, 7) is 7.78. The molecule has 2 heterocycles. The minimum atomic E-state index is -0.140. The number of ether oxygens (including phenoxy) is 1. The molecule has 7 heteroatoms. The van der Waals surface area contributed by atoms with Crippen LogP contribution in [0.3, 0.4) is 0 Å². The van der Waals surface area contributed by atoms with Gasteiger partial charge in [0.1, 0.15) is 0 Å². The van der Waals surface area contributed by atoms with Crippen molar-refractivity contribution in [1.29, 1.82) is 0 Å². The number of esters is 1. The van der Waals surface area contributed by atoms with E-state index in [-0.39, 0.29) is 17.8 Å². The van der Waals surface area contributed by atoms with E-state index in [4.69, 9.17) is 9.73 Å². The van der Waals surface area contributed by atoms with Gasteiger partial charge in [-0.25, -0.2) is 9.98 Å². The summed E-state index contributed by atoms with van der Waals surface area (Å²) in [4.78, 5) is 23.0. The maximum absolute atomic E-state index is 12.0. The van der Waals surface area contributed by atoms with Crippen LogP contribution in [0.15, 0.2) is 48.0 Å². The zero-order valence-corrected chi connectivity index (χ0v) is 16.8. The van der Waals surface area contributed by atoms with E-state index < -0.39 is 0 Å². The summed E-state index contributed by atoms with van der Waals surface area (Å²) in [5, 5.41) is 3.35. The second-order valence-electron chi connectivity index (χ2n) is 7.23. The van der Waals surface area contributed by atoms with Gasteiger partial charge in [-0.2, -0.15) is 0 Å². The van der Waals surface area contributed by atoms with Gasteiger partial charge in [0.15, 0.2) is 5.96 Å². The monoisotopic (exact) mass is 383 g/mol. The highest BCUT2D eigenvalue weighted by atomic mass is 16.5. The highest BCUT2D eigenvalue weighted by Gasteiger charge is 2.36. The van der Waals surface area contributed by atoms with Crippen LogP contribution >= 0.6 is 0 Å². The quantitative estimate of drug-likeness (QED) is 0.470. The number of nitrogens with zero attached hydrogens (tertiary/aromatic N) is 4. The van der Waals surface area contributed by atoms with Crippen LogP contribution in [0.2, 0.25) is 0 Å². The SMILES string of the molecule is CCNC(=NCc1ccc(Cn2ccnc2)cc1)N1CC(C)C(C(=O)OC)C1. The van der Waals surface area contributed by atoms with Gasteiger partial charge in [-0.05, 0) is 24.0 Å². The van der Waals surface area contributed by atoms with Gasteiger partial charge >= 0.3 is 5.97 Å². The molecule has 0 saturated carbocycles. The van der Waals surface area contributed by atoms with Gasteiger partial charge in [0.05, 0.1) is 25.9 Å². The van der Waals surface area contributed by atoms with E-state index in [0.717, 1.165) is 31.2 Å². The Morgan fingerprint density at radius 1 is 1.29 bits per heavy atom. The summed E-state index contributed by atoms with van der Waals surface area (Å²) >= 11 is 0. The Hall–Kier alpha value is -2.83. The third-order valence-corrected chi connectivity index (χ3v) is 5.11. The Morgan fingerprint density at radius 3 is 2.68 bits per heavy atom. The van der Waals surface area contributed by atoms with E-state index in [1.54, 1.807) is 6.20 Å². The first-order chi connectivity index (χ1) is 13.6. The molecule has 2 unspecified atom stereocenters. The van der Waals surface area contributed by atoms with E-state index in [0.29, 0.717) is 13.1 Å². The number of likely N-dealkylation sites (tertiary alicyclic amines) is 1. The van der Waals surface area contributed by atoms with Crippen molar-refractivity contribution in [1.82, 2.24) is 19.8 Å². The minimum Gasteiger partial charge on any atom is -0.469 e. The van der Waals surface area contributed by atoms with E-state index in [2.05, 4.69) is 53.3 Å². The van der Waals surface area contributed by atoms with Gasteiger partial charge in [0, 0.05) is 38.6 Å². The van der Waals surface area contributed by atoms with Crippen LogP contribution in [0.5, 0.6) is 0 Å². The summed E-state index contributed by atoms with van der Waals surface area (Å²) in [7, 11) is 1.45. The van der Waals surface area contributed by atoms with Crippen molar-refractivity contribution < 1.29 is 9.53 Å². The van der Waals surface area contributed by atoms with Crippen LogP contribution in [0.1, 0.15) is 25.0 Å². The molecule has 0 aliphatic carbocycles. The maximum atomic E-state index is 12.0. The Balaban J connectivity index is 1.63. The average Bonchev–Trinajstić information content (AvgIpc) is 3.35. The lowest BCUT2D eigenvalue weighted by molar-refractivity contribution is -0.145. The standard InChI is InChI=1S/C21H29N5O2/c1-4-23-21(26-12-16(2)19(14-26)20(27)28-3)24-11-17-5-7-18(8-6-17)13-25-10-9-22-15-25/h5-10,15-16,19H,4,11-14H2,1-3H3,(H,23,24). The van der Waals surface area contributed by atoms with Crippen molar-refractivity contribution in [2.45, 2.75) is 26.9 Å². The van der Waals surface area contributed by atoms with Crippen molar-refractivity contribution in [3.05, 3.63) is 54.1 Å². The molecule has 0 amide bonds. The third-order valence-electron chi connectivity index (χ3n) is 5.11. The average molecular weight is 383 g/mol. The lowest BCUT2D eigenvalue weighted by atomic mass is 9.99. The fourth-order valence-corrected chi connectivity index (χ4v) is 3.53. The number of aromatic nitrogens is 2. The summed E-state index contributed by atoms with van der Waals surface area (Å²) in [6.07, 6.45) is 5.56. The second-order valence-corrected chi connectivity index (χ2v) is 7.23. The number of rotatable bonds is 6. The Morgan fingerprint density at radius 2 is 2.04 bits per heavy atom. The molecule has 0 spiro atoms. The zero-order chi connectivity index (χ0) is 19.9. The molecule has 28 heavy (non-hydrogen) atoms. The number of carbonyl (C=O) groups excluding carboxylic acids is 1. The van der Waals surface area contributed by atoms with Gasteiger partial charge in [-0.15, -0.1) is 0 Å². The van der Waals surface area contributed by atoms with Crippen molar-refractivity contribution in [3.8, 4) is 0 Å². The van der Waals surface area contributed by atoms with Crippen molar-refractivity contribution in [2.75, 3.05) is 26.7 Å². The Bertz CT molecular complexity index is 786. The number of methoxy groups -OCH3 is 1. The molecule has 1 aliphatic rings. The van der Waals surface area contributed by atoms with Crippen LogP contribution in [-0.2, 0) is 22.6 Å². The Kier molecular flexibility index (Phi) is 6.68. The van der Waals surface area contributed by atoms with Gasteiger partial charge in [0.25, 0.3) is 0 Å². The molecule has 7 nitrogen and oxygen atoms in total. The van der Waals surface area contributed by atoms with Crippen molar-refractivity contribution >= 4 is 11.9 Å². The maximum Gasteiger partial charge on any atom is 0.310 e. The zero-order valence-electron chi connectivity index (χ0n) is 16.8. The third kappa shape index (κ3) is 4.91. The minimum absolute atomic E-state index is 0.101. The van der Waals surface area contributed by atoms with E-state index in [1.807, 2.05) is 17.1 Å². The molecular weight excluding hydrogens is 354 g/mol. The second kappa shape index (κ2) is 9.39. The number of imidazole rings is 1. The first kappa shape index (κ1) is 19.9. The molecule has 3 rings (SSSR count). The fraction of sp³-hybridized carbons (Fsp3) is 0.476. The summed E-state index contributed by atoms with van der Waals surface area (Å²) in [5.74, 6) is 0.859. The van der Waals surface area contributed by atoms with Crippen LogP contribution in [0.4, 0.5) is 0 Å². The van der Waals surface area contributed by atoms with Crippen LogP contribution in [-0.4, -0.2) is 53.1 Å². The van der Waals surface area contributed by atoms with E-state index in [1.165, 1.54) is 12.7 Å². The molecule has 2 atom stereocenters. The van der Waals surface area contributed by atoms with Gasteiger partial charge in [0.2, 0.25) is 0 Å². The van der Waals surface area contributed by atoms with E-state index >= 15 is 0 Å². The fourth-order valence-electron chi connectivity index (χ4n) is 3.53. The Labute approximate surface area is 166 Å². The van der Waals surface area contributed by atoms with Gasteiger partial charge in [-0.1, -0.05) is 31.2 Å². The van der Waals surface area contributed by atoms with Crippen LogP contribution < -0.4 is 5.32 Å². The lowest BCUT2D eigenvalue weighted by Gasteiger charge is -2.21. The predicted octanol–water partition coefficient (Wildman–Crippen LogP) is 2.14. The molecule has 1 saturated heterocycles. The van der Waals surface area contributed by atoms with Crippen molar-refractivity contribution in [2.24, 2.45) is 16.8 Å². The summed E-state index contributed by atoms with van der Waals surface area (Å²) < 4.78 is 6.98. The molecule has 1 aliphatic heterocycles. The highest BCUT2D eigenvalue weighted by molar-refractivity contribution is 5.82. The van der Waals surface area contributed by atoms with Crippen molar-refractivity contribution in [3.63, 3.8) is 0 Å². The van der Waals surface area contributed by atoms with Crippen LogP contribution in [0.25, 0.3) is 0 Å². The van der Waals surface area contributed by atoms with Crippen LogP contribution in [0, 0.1) is 11.8 Å². The molecule has 1 aromatic heterocycles. The molecule has 1 fully saturated rings. The van der Waals surface area contributed by atoms with Gasteiger partial charge in [-0.3, -0.25) is 4.79 Å². The summed E-state index contributed by atoms with van der Waals surface area (Å²) in [5.41, 5.74) is 2.38. The predicted molar refractivity (Wildman–Crippen MR) is 109 cm³/mol. The number of guanidine groups is 1. The van der Waals surface area contributed by atoms with E-state index in [9.17, 15) is 4.79 Å². The normalized spacial score (nSPS) is 19.7.